The molecule has 0 unspecified atom stereocenters. The van der Waals surface area contributed by atoms with Crippen molar-refractivity contribution in [3.8, 4) is 5.75 Å². The second kappa shape index (κ2) is 7.42. The number of hydrogen-bond donors (Lipinski definition) is 1. The Morgan fingerprint density at radius 2 is 2.14 bits per heavy atom. The van der Waals surface area contributed by atoms with Crippen LogP contribution in [-0.2, 0) is 17.8 Å². The number of amides is 1. The van der Waals surface area contributed by atoms with Gasteiger partial charge in [-0.1, -0.05) is 18.2 Å². The van der Waals surface area contributed by atoms with Gasteiger partial charge in [-0.2, -0.15) is 0 Å². The smallest absolute Gasteiger partial charge is 0.234 e. The van der Waals surface area contributed by atoms with Crippen molar-refractivity contribution in [2.24, 2.45) is 0 Å². The van der Waals surface area contributed by atoms with E-state index in [2.05, 4.69) is 21.7 Å². The number of rotatable bonds is 6. The lowest BCUT2D eigenvalue weighted by atomic mass is 10.1. The van der Waals surface area contributed by atoms with E-state index in [0.29, 0.717) is 19.7 Å². The summed E-state index contributed by atoms with van der Waals surface area (Å²) >= 11 is 1.82. The number of nitrogens with zero attached hydrogens (tertiary/aromatic N) is 1. The summed E-state index contributed by atoms with van der Waals surface area (Å²) in [6, 6.07) is 11.8. The lowest BCUT2D eigenvalue weighted by Crippen LogP contribution is -2.40. The average molecular weight is 316 g/mol. The molecule has 0 radical (unpaired) electrons. The first-order valence-electron chi connectivity index (χ1n) is 7.53. The van der Waals surface area contributed by atoms with Crippen molar-refractivity contribution in [3.05, 3.63) is 52.2 Å². The van der Waals surface area contributed by atoms with Gasteiger partial charge in [0.25, 0.3) is 0 Å². The van der Waals surface area contributed by atoms with Crippen molar-refractivity contribution in [3.63, 3.8) is 0 Å². The molecule has 1 aliphatic heterocycles. The summed E-state index contributed by atoms with van der Waals surface area (Å²) in [5.74, 6) is 0.896. The third kappa shape index (κ3) is 4.08. The molecule has 0 atom stereocenters. The summed E-state index contributed by atoms with van der Waals surface area (Å²) in [5.41, 5.74) is 1.37. The molecule has 2 heterocycles. The van der Waals surface area contributed by atoms with Crippen LogP contribution in [-0.4, -0.2) is 37.0 Å². The molecule has 2 aromatic rings. The molecule has 0 bridgehead atoms. The van der Waals surface area contributed by atoms with Gasteiger partial charge in [-0.15, -0.1) is 11.3 Å². The molecular weight excluding hydrogens is 296 g/mol. The van der Waals surface area contributed by atoms with E-state index in [4.69, 9.17) is 4.74 Å². The molecule has 5 heteroatoms. The van der Waals surface area contributed by atoms with Crippen molar-refractivity contribution >= 4 is 17.2 Å². The Morgan fingerprint density at radius 3 is 3.00 bits per heavy atom. The number of ether oxygens (including phenoxy) is 1. The number of thiophene rings is 1. The fourth-order valence-electron chi connectivity index (χ4n) is 2.58. The number of fused-ring (bicyclic) bond motifs is 1. The zero-order valence-electron chi connectivity index (χ0n) is 12.5. The maximum absolute atomic E-state index is 12.0. The molecule has 3 rings (SSSR count). The molecule has 0 fully saturated rings. The zero-order valence-corrected chi connectivity index (χ0v) is 13.3. The normalized spacial score (nSPS) is 14.4. The number of benzene rings is 1. The van der Waals surface area contributed by atoms with Crippen molar-refractivity contribution in [2.45, 2.75) is 13.0 Å². The minimum absolute atomic E-state index is 0.0651. The summed E-state index contributed by atoms with van der Waals surface area (Å²) in [6.45, 7) is 3.32. The van der Waals surface area contributed by atoms with Gasteiger partial charge in [0.1, 0.15) is 12.4 Å². The van der Waals surface area contributed by atoms with Crippen LogP contribution in [0.4, 0.5) is 0 Å². The van der Waals surface area contributed by atoms with Crippen LogP contribution < -0.4 is 10.1 Å². The minimum atomic E-state index is 0.0651. The second-order valence-corrected chi connectivity index (χ2v) is 6.34. The Bertz CT molecular complexity index is 612. The van der Waals surface area contributed by atoms with E-state index in [9.17, 15) is 4.79 Å². The summed E-state index contributed by atoms with van der Waals surface area (Å²) in [4.78, 5) is 15.6. The molecule has 22 heavy (non-hydrogen) atoms. The largest absolute Gasteiger partial charge is 0.492 e. The highest BCUT2D eigenvalue weighted by Crippen LogP contribution is 2.23. The first-order chi connectivity index (χ1) is 10.8. The summed E-state index contributed by atoms with van der Waals surface area (Å²) < 4.78 is 5.56. The molecule has 1 aliphatic rings. The lowest BCUT2D eigenvalue weighted by molar-refractivity contribution is -0.122. The van der Waals surface area contributed by atoms with Crippen LogP contribution in [0.15, 0.2) is 41.8 Å². The van der Waals surface area contributed by atoms with Crippen molar-refractivity contribution in [2.75, 3.05) is 26.2 Å². The van der Waals surface area contributed by atoms with E-state index in [0.717, 1.165) is 25.3 Å². The highest BCUT2D eigenvalue weighted by Gasteiger charge is 2.18. The highest BCUT2D eigenvalue weighted by molar-refractivity contribution is 7.10. The second-order valence-electron chi connectivity index (χ2n) is 5.34. The molecule has 4 nitrogen and oxygen atoms in total. The molecular formula is C17H20N2O2S. The number of nitrogens with one attached hydrogen (secondary N) is 1. The van der Waals surface area contributed by atoms with E-state index in [1.54, 1.807) is 0 Å². The van der Waals surface area contributed by atoms with Crippen molar-refractivity contribution in [1.82, 2.24) is 10.2 Å². The molecule has 116 valence electrons. The number of carbonyl (C=O) groups excluding carboxylic acids is 1. The number of hydrogen-bond acceptors (Lipinski definition) is 4. The van der Waals surface area contributed by atoms with Crippen LogP contribution in [0.2, 0.25) is 0 Å². The molecule has 1 N–H and O–H groups in total. The Hall–Kier alpha value is -1.85. The lowest BCUT2D eigenvalue weighted by Gasteiger charge is -2.26. The zero-order chi connectivity index (χ0) is 15.2. The molecule has 0 aliphatic carbocycles. The van der Waals surface area contributed by atoms with Gasteiger partial charge >= 0.3 is 0 Å². The third-order valence-electron chi connectivity index (χ3n) is 3.69. The monoisotopic (exact) mass is 316 g/mol. The molecule has 1 aromatic heterocycles. The fraction of sp³-hybridized carbons (Fsp3) is 0.353. The van der Waals surface area contributed by atoms with Gasteiger partial charge in [0.15, 0.2) is 0 Å². The van der Waals surface area contributed by atoms with Crippen LogP contribution in [0, 0.1) is 0 Å². The van der Waals surface area contributed by atoms with Crippen molar-refractivity contribution < 1.29 is 9.53 Å². The van der Waals surface area contributed by atoms with Gasteiger partial charge in [0, 0.05) is 18.0 Å². The topological polar surface area (TPSA) is 41.6 Å². The number of para-hydroxylation sites is 1. The van der Waals surface area contributed by atoms with E-state index >= 15 is 0 Å². The maximum Gasteiger partial charge on any atom is 0.234 e. The molecule has 1 aromatic carbocycles. The van der Waals surface area contributed by atoms with Gasteiger partial charge < -0.3 is 10.1 Å². The first-order valence-corrected chi connectivity index (χ1v) is 8.41. The van der Waals surface area contributed by atoms with Crippen LogP contribution in [0.1, 0.15) is 10.4 Å². The summed E-state index contributed by atoms with van der Waals surface area (Å²) in [5, 5.41) is 5.05. The molecule has 0 spiro atoms. The number of carbonyl (C=O) groups is 1. The van der Waals surface area contributed by atoms with Gasteiger partial charge in [0.2, 0.25) is 5.91 Å². The van der Waals surface area contributed by atoms with Gasteiger partial charge in [-0.05, 0) is 35.6 Å². The van der Waals surface area contributed by atoms with Gasteiger partial charge in [-0.25, -0.2) is 0 Å². The Morgan fingerprint density at radius 1 is 1.27 bits per heavy atom. The third-order valence-corrected chi connectivity index (χ3v) is 4.71. The minimum Gasteiger partial charge on any atom is -0.492 e. The Balaban J connectivity index is 1.35. The van der Waals surface area contributed by atoms with Gasteiger partial charge in [-0.3, -0.25) is 9.69 Å². The van der Waals surface area contributed by atoms with E-state index in [1.165, 1.54) is 10.4 Å². The predicted octanol–water partition coefficient (Wildman–Crippen LogP) is 2.30. The molecule has 0 saturated heterocycles. The molecule has 0 saturated carbocycles. The molecule has 1 amide bonds. The van der Waals surface area contributed by atoms with Crippen LogP contribution >= 0.6 is 11.3 Å². The maximum atomic E-state index is 12.0. The van der Waals surface area contributed by atoms with E-state index < -0.39 is 0 Å². The fourth-order valence-corrected chi connectivity index (χ4v) is 3.47. The average Bonchev–Trinajstić information content (AvgIpc) is 3.00. The van der Waals surface area contributed by atoms with E-state index in [-0.39, 0.29) is 5.91 Å². The van der Waals surface area contributed by atoms with Crippen LogP contribution in [0.3, 0.4) is 0 Å². The summed E-state index contributed by atoms with van der Waals surface area (Å²) in [6.07, 6.45) is 1.05. The van der Waals surface area contributed by atoms with E-state index in [1.807, 2.05) is 41.7 Å². The Labute approximate surface area is 134 Å². The first kappa shape index (κ1) is 15.1. The highest BCUT2D eigenvalue weighted by atomic mass is 32.1. The van der Waals surface area contributed by atoms with Crippen LogP contribution in [0.5, 0.6) is 5.75 Å². The Kier molecular flexibility index (Phi) is 5.08. The van der Waals surface area contributed by atoms with Crippen LogP contribution in [0.25, 0.3) is 0 Å². The standard InChI is InChI=1S/C17H20N2O2S/c20-17(18-8-10-21-15-4-2-1-3-5-15)13-19-9-6-16-14(12-19)7-11-22-16/h1-5,7,11H,6,8-10,12-13H2,(H,18,20). The van der Waals surface area contributed by atoms with Gasteiger partial charge in [0.05, 0.1) is 13.1 Å². The van der Waals surface area contributed by atoms with Crippen molar-refractivity contribution in [1.29, 1.82) is 0 Å². The summed E-state index contributed by atoms with van der Waals surface area (Å²) in [7, 11) is 0. The quantitative estimate of drug-likeness (QED) is 0.832. The predicted molar refractivity (Wildman–Crippen MR) is 88.2 cm³/mol. The SMILES string of the molecule is O=C(CN1CCc2sccc2C1)NCCOc1ccccc1.